The van der Waals surface area contributed by atoms with Crippen LogP contribution in [0.1, 0.15) is 24.3 Å². The van der Waals surface area contributed by atoms with Gasteiger partial charge in [0, 0.05) is 0 Å². The van der Waals surface area contributed by atoms with Gasteiger partial charge in [-0.05, 0) is 31.8 Å². The summed E-state index contributed by atoms with van der Waals surface area (Å²) in [6, 6.07) is 0. The van der Waals surface area contributed by atoms with Crippen molar-refractivity contribution in [1.29, 1.82) is 0 Å². The van der Waals surface area contributed by atoms with Gasteiger partial charge in [0.25, 0.3) is 5.56 Å². The molecule has 1 aromatic heterocycles. The maximum Gasteiger partial charge on any atom is 0.269 e. The van der Waals surface area contributed by atoms with Crippen LogP contribution in [0.4, 0.5) is 5.82 Å². The second-order valence-corrected chi connectivity index (χ2v) is 3.43. The molecule has 1 aromatic rings. The van der Waals surface area contributed by atoms with Crippen molar-refractivity contribution in [3.05, 3.63) is 15.9 Å². The monoisotopic (exact) mass is 182 g/mol. The molecule has 0 saturated carbocycles. The summed E-state index contributed by atoms with van der Waals surface area (Å²) in [6.45, 7) is 1.93. The predicted octanol–water partition coefficient (Wildman–Crippen LogP) is -0.248. The fourth-order valence-electron chi connectivity index (χ4n) is 1.90. The van der Waals surface area contributed by atoms with Gasteiger partial charge in [0.05, 0.1) is 5.56 Å². The first-order valence-corrected chi connectivity index (χ1v) is 4.56. The van der Waals surface area contributed by atoms with E-state index in [1.807, 2.05) is 0 Å². The quantitative estimate of drug-likeness (QED) is 0.483. The molecule has 0 bridgehead atoms. The van der Waals surface area contributed by atoms with Gasteiger partial charge < -0.3 is 11.1 Å². The summed E-state index contributed by atoms with van der Waals surface area (Å²) in [4.78, 5) is 11.4. The molecule has 0 spiro atoms. The fraction of sp³-hybridized carbons (Fsp3) is 0.625. The summed E-state index contributed by atoms with van der Waals surface area (Å²) >= 11 is 0. The average molecular weight is 182 g/mol. The van der Waals surface area contributed by atoms with Gasteiger partial charge in [0.15, 0.2) is 0 Å². The van der Waals surface area contributed by atoms with Crippen molar-refractivity contribution >= 4 is 5.82 Å². The van der Waals surface area contributed by atoms with Gasteiger partial charge in [-0.3, -0.25) is 15.0 Å². The summed E-state index contributed by atoms with van der Waals surface area (Å²) in [5.74, 6) is 0.813. The molecule has 0 unspecified atom stereocenters. The Kier molecular flexibility index (Phi) is 2.10. The van der Waals surface area contributed by atoms with Gasteiger partial charge in [-0.15, -0.1) is 0 Å². The Morgan fingerprint density at radius 1 is 1.23 bits per heavy atom. The normalized spacial score (nSPS) is 19.1. The van der Waals surface area contributed by atoms with Crippen LogP contribution in [0, 0.1) is 0 Å². The van der Waals surface area contributed by atoms with E-state index in [2.05, 4.69) is 15.5 Å². The second-order valence-electron chi connectivity index (χ2n) is 3.43. The van der Waals surface area contributed by atoms with Crippen LogP contribution in [-0.2, 0) is 0 Å². The Morgan fingerprint density at radius 3 is 2.46 bits per heavy atom. The lowest BCUT2D eigenvalue weighted by Crippen LogP contribution is -2.28. The first kappa shape index (κ1) is 8.37. The minimum Gasteiger partial charge on any atom is -0.384 e. The van der Waals surface area contributed by atoms with E-state index in [9.17, 15) is 4.79 Å². The maximum atomic E-state index is 11.4. The Morgan fingerprint density at radius 2 is 1.92 bits per heavy atom. The zero-order valence-electron chi connectivity index (χ0n) is 7.39. The first-order chi connectivity index (χ1) is 6.29. The minimum absolute atomic E-state index is 0.0654. The third-order valence-electron chi connectivity index (χ3n) is 2.59. The Balaban J connectivity index is 2.27. The number of H-pyrrole nitrogens is 2. The third kappa shape index (κ3) is 1.47. The van der Waals surface area contributed by atoms with Gasteiger partial charge in [0.1, 0.15) is 5.82 Å². The maximum absolute atomic E-state index is 11.4. The van der Waals surface area contributed by atoms with Crippen molar-refractivity contribution in [2.45, 2.75) is 18.8 Å². The third-order valence-corrected chi connectivity index (χ3v) is 2.59. The highest BCUT2D eigenvalue weighted by molar-refractivity contribution is 5.39. The molecule has 1 aliphatic rings. The fourth-order valence-corrected chi connectivity index (χ4v) is 1.90. The molecule has 1 fully saturated rings. The van der Waals surface area contributed by atoms with Crippen LogP contribution in [0.5, 0.6) is 0 Å². The van der Waals surface area contributed by atoms with E-state index in [4.69, 9.17) is 5.73 Å². The van der Waals surface area contributed by atoms with E-state index in [0.717, 1.165) is 31.5 Å². The van der Waals surface area contributed by atoms with Crippen molar-refractivity contribution in [3.8, 4) is 0 Å². The van der Waals surface area contributed by atoms with E-state index >= 15 is 0 Å². The minimum atomic E-state index is -0.0654. The molecule has 5 heteroatoms. The number of hydrogen-bond donors (Lipinski definition) is 4. The Hall–Kier alpha value is -1.23. The second kappa shape index (κ2) is 3.26. The van der Waals surface area contributed by atoms with Crippen molar-refractivity contribution < 1.29 is 0 Å². The van der Waals surface area contributed by atoms with Gasteiger partial charge in [-0.1, -0.05) is 0 Å². The van der Waals surface area contributed by atoms with E-state index in [1.165, 1.54) is 0 Å². The molecule has 0 amide bonds. The van der Waals surface area contributed by atoms with Gasteiger partial charge in [-0.25, -0.2) is 0 Å². The first-order valence-electron chi connectivity index (χ1n) is 4.56. The molecule has 72 valence electrons. The summed E-state index contributed by atoms with van der Waals surface area (Å²) in [5.41, 5.74) is 6.34. The summed E-state index contributed by atoms with van der Waals surface area (Å²) in [5, 5.41) is 8.41. The molecule has 0 aromatic carbocycles. The van der Waals surface area contributed by atoms with E-state index in [1.54, 1.807) is 0 Å². The molecule has 1 saturated heterocycles. The van der Waals surface area contributed by atoms with Crippen LogP contribution in [0.3, 0.4) is 0 Å². The van der Waals surface area contributed by atoms with Crippen molar-refractivity contribution in [3.63, 3.8) is 0 Å². The van der Waals surface area contributed by atoms with Gasteiger partial charge >= 0.3 is 0 Å². The lowest BCUT2D eigenvalue weighted by molar-refractivity contribution is 0.460. The topological polar surface area (TPSA) is 86.7 Å². The number of anilines is 1. The van der Waals surface area contributed by atoms with Gasteiger partial charge in [0.2, 0.25) is 0 Å². The number of hydrogen-bond acceptors (Lipinski definition) is 3. The van der Waals surface area contributed by atoms with E-state index < -0.39 is 0 Å². The molecule has 2 heterocycles. The highest BCUT2D eigenvalue weighted by Gasteiger charge is 2.21. The number of aromatic amines is 2. The van der Waals surface area contributed by atoms with Crippen LogP contribution in [0.15, 0.2) is 4.79 Å². The van der Waals surface area contributed by atoms with Crippen LogP contribution < -0.4 is 16.6 Å². The Bertz CT molecular complexity index is 334. The molecule has 0 atom stereocenters. The molecular formula is C8H14N4O. The predicted molar refractivity (Wildman–Crippen MR) is 50.7 cm³/mol. The zero-order valence-corrected chi connectivity index (χ0v) is 7.39. The molecule has 1 aliphatic heterocycles. The van der Waals surface area contributed by atoms with Crippen molar-refractivity contribution in [1.82, 2.24) is 15.5 Å². The highest BCUT2D eigenvalue weighted by Crippen LogP contribution is 2.25. The molecule has 0 radical (unpaired) electrons. The summed E-state index contributed by atoms with van der Waals surface area (Å²) in [7, 11) is 0. The van der Waals surface area contributed by atoms with Crippen LogP contribution >= 0.6 is 0 Å². The standard InChI is InChI=1S/C8H14N4O/c9-7-6(8(13)12-11-7)5-1-3-10-4-2-5/h5,10H,1-4H2,(H4,9,11,12,13). The number of piperidine rings is 1. The number of nitrogens with two attached hydrogens (primary N) is 1. The molecule has 5 nitrogen and oxygen atoms in total. The summed E-state index contributed by atoms with van der Waals surface area (Å²) in [6.07, 6.45) is 1.98. The van der Waals surface area contributed by atoms with Crippen molar-refractivity contribution in [2.24, 2.45) is 0 Å². The van der Waals surface area contributed by atoms with Crippen LogP contribution in [-0.4, -0.2) is 23.3 Å². The number of aromatic nitrogens is 2. The SMILES string of the molecule is Nc1[nH][nH]c(=O)c1C1CCNCC1. The average Bonchev–Trinajstić information content (AvgIpc) is 2.48. The number of nitrogens with one attached hydrogen (secondary N) is 3. The molecule has 2 rings (SSSR count). The number of rotatable bonds is 1. The Labute approximate surface area is 75.7 Å². The van der Waals surface area contributed by atoms with E-state index in [-0.39, 0.29) is 5.56 Å². The van der Waals surface area contributed by atoms with Crippen molar-refractivity contribution in [2.75, 3.05) is 18.8 Å². The van der Waals surface area contributed by atoms with Crippen LogP contribution in [0.2, 0.25) is 0 Å². The summed E-state index contributed by atoms with van der Waals surface area (Å²) < 4.78 is 0. The zero-order chi connectivity index (χ0) is 9.26. The number of nitrogen functional groups attached to an aromatic ring is 1. The highest BCUT2D eigenvalue weighted by atomic mass is 16.1. The lowest BCUT2D eigenvalue weighted by Gasteiger charge is -2.21. The lowest BCUT2D eigenvalue weighted by atomic mass is 9.92. The van der Waals surface area contributed by atoms with Gasteiger partial charge in [-0.2, -0.15) is 0 Å². The molecule has 5 N–H and O–H groups in total. The smallest absolute Gasteiger partial charge is 0.269 e. The molecule has 13 heavy (non-hydrogen) atoms. The molecule has 0 aliphatic carbocycles. The molecular weight excluding hydrogens is 168 g/mol. The largest absolute Gasteiger partial charge is 0.384 e. The van der Waals surface area contributed by atoms with Crippen LogP contribution in [0.25, 0.3) is 0 Å². The van der Waals surface area contributed by atoms with E-state index in [0.29, 0.717) is 11.7 Å².